The number of hydrogen-bond donors (Lipinski definition) is 0. The lowest BCUT2D eigenvalue weighted by atomic mass is 10.4. The molecule has 0 aliphatic carbocycles. The second-order valence-electron chi connectivity index (χ2n) is 6.59. The van der Waals surface area contributed by atoms with E-state index in [-0.39, 0.29) is 10.6 Å². The Labute approximate surface area is 158 Å². The lowest BCUT2D eigenvalue weighted by Gasteiger charge is -2.34. The van der Waals surface area contributed by atoms with E-state index in [2.05, 4.69) is 0 Å². The van der Waals surface area contributed by atoms with Gasteiger partial charge >= 0.3 is 20.1 Å². The van der Waals surface area contributed by atoms with Crippen LogP contribution in [0.3, 0.4) is 0 Å². The van der Waals surface area contributed by atoms with Gasteiger partial charge in [0.05, 0.1) is 12.2 Å². The minimum Gasteiger partial charge on any atom is -0.318 e. The van der Waals surface area contributed by atoms with Crippen LogP contribution >= 0.6 is 14.7 Å². The van der Waals surface area contributed by atoms with Crippen LogP contribution in [0.25, 0.3) is 0 Å². The van der Waals surface area contributed by atoms with Crippen molar-refractivity contribution in [3.05, 3.63) is 60.7 Å². The second kappa shape index (κ2) is 8.36. The summed E-state index contributed by atoms with van der Waals surface area (Å²) in [5, 5.41) is -4.66. The summed E-state index contributed by atoms with van der Waals surface area (Å²) in [5.41, 5.74) is 0. The van der Waals surface area contributed by atoms with E-state index in [1.54, 1.807) is 12.1 Å². The van der Waals surface area contributed by atoms with Gasteiger partial charge in [-0.15, -0.1) is 0 Å². The predicted octanol–water partition coefficient (Wildman–Crippen LogP) is 5.59. The largest absolute Gasteiger partial charge is 0.402 e. The summed E-state index contributed by atoms with van der Waals surface area (Å²) >= 11 is 0. The van der Waals surface area contributed by atoms with E-state index in [4.69, 9.17) is 9.05 Å². The molecule has 0 amide bonds. The summed E-state index contributed by atoms with van der Waals surface area (Å²) in [6.07, 6.45) is -1.55. The maximum absolute atomic E-state index is 15.8. The fourth-order valence-electron chi connectivity index (χ4n) is 2.57. The van der Waals surface area contributed by atoms with Crippen molar-refractivity contribution in [3.63, 3.8) is 0 Å². The SMILES string of the molecule is CC(C)OP(=O)(c1ccccc1)C(F)(F)P(=O)(OC(C)C)c1ccccc1. The summed E-state index contributed by atoms with van der Waals surface area (Å²) < 4.78 is 69.5. The van der Waals surface area contributed by atoms with Gasteiger partial charge in [-0.2, -0.15) is 8.78 Å². The molecule has 8 heteroatoms. The quantitative estimate of drug-likeness (QED) is 0.526. The maximum atomic E-state index is 15.8. The Balaban J connectivity index is 2.74. The van der Waals surface area contributed by atoms with Gasteiger partial charge in [-0.05, 0) is 52.0 Å². The molecule has 0 bridgehead atoms. The molecule has 0 fully saturated rings. The van der Waals surface area contributed by atoms with E-state index < -0.39 is 32.4 Å². The lowest BCUT2D eigenvalue weighted by Crippen LogP contribution is -2.33. The predicted molar refractivity (Wildman–Crippen MR) is 105 cm³/mol. The van der Waals surface area contributed by atoms with Crippen molar-refractivity contribution in [3.8, 4) is 0 Å². The average molecular weight is 416 g/mol. The van der Waals surface area contributed by atoms with Crippen molar-refractivity contribution in [1.82, 2.24) is 0 Å². The molecule has 27 heavy (non-hydrogen) atoms. The summed E-state index contributed by atoms with van der Waals surface area (Å²) in [6.45, 7) is 6.01. The van der Waals surface area contributed by atoms with E-state index in [9.17, 15) is 9.13 Å². The zero-order valence-corrected chi connectivity index (χ0v) is 17.5. The Morgan fingerprint density at radius 1 is 0.704 bits per heavy atom. The number of benzene rings is 2. The first-order valence-electron chi connectivity index (χ1n) is 8.60. The third-order valence-corrected chi connectivity index (χ3v) is 10.0. The molecule has 2 atom stereocenters. The molecule has 148 valence electrons. The monoisotopic (exact) mass is 416 g/mol. The standard InChI is InChI=1S/C19H24F2O4P2/c1-15(2)24-26(22,17-11-7-5-8-12-17)19(20,21)27(23,25-16(3)4)18-13-9-6-10-14-18/h5-16H,1-4H3. The number of rotatable bonds is 8. The van der Waals surface area contributed by atoms with Crippen molar-refractivity contribution >= 4 is 25.3 Å². The molecule has 2 unspecified atom stereocenters. The molecular formula is C19H24F2O4P2. The molecule has 2 rings (SSSR count). The van der Waals surface area contributed by atoms with Crippen LogP contribution in [0.15, 0.2) is 60.7 Å². The highest BCUT2D eigenvalue weighted by molar-refractivity contribution is 7.85. The second-order valence-corrected chi connectivity index (χ2v) is 11.7. The Hall–Kier alpha value is -1.32. The highest BCUT2D eigenvalue weighted by atomic mass is 31.2. The Kier molecular flexibility index (Phi) is 6.81. The smallest absolute Gasteiger partial charge is 0.318 e. The van der Waals surface area contributed by atoms with Gasteiger partial charge in [0, 0.05) is 10.6 Å². The van der Waals surface area contributed by atoms with E-state index in [0.717, 1.165) is 0 Å². The van der Waals surface area contributed by atoms with Crippen molar-refractivity contribution in [2.75, 3.05) is 0 Å². The molecule has 0 aromatic heterocycles. The van der Waals surface area contributed by atoms with E-state index in [1.165, 1.54) is 76.2 Å². The van der Waals surface area contributed by atoms with Gasteiger partial charge < -0.3 is 9.05 Å². The molecule has 0 saturated carbocycles. The van der Waals surface area contributed by atoms with Crippen molar-refractivity contribution in [2.45, 2.75) is 45.3 Å². The zero-order valence-electron chi connectivity index (χ0n) is 15.7. The van der Waals surface area contributed by atoms with E-state index >= 15 is 8.78 Å². The summed E-state index contributed by atoms with van der Waals surface area (Å²) in [5.74, 6) is 0. The minimum atomic E-state index is -4.90. The molecular weight excluding hydrogens is 392 g/mol. The van der Waals surface area contributed by atoms with Gasteiger partial charge in [-0.3, -0.25) is 9.13 Å². The molecule has 0 saturated heterocycles. The fraction of sp³-hybridized carbons (Fsp3) is 0.368. The zero-order chi connectivity index (χ0) is 20.3. The normalized spacial score (nSPS) is 16.9. The van der Waals surface area contributed by atoms with Crippen LogP contribution in [0.4, 0.5) is 8.78 Å². The van der Waals surface area contributed by atoms with Gasteiger partial charge in [-0.1, -0.05) is 36.4 Å². The maximum Gasteiger partial charge on any atom is 0.402 e. The van der Waals surface area contributed by atoms with Gasteiger partial charge in [0.15, 0.2) is 0 Å². The number of alkyl halides is 2. The molecule has 2 aromatic rings. The topological polar surface area (TPSA) is 52.6 Å². The molecule has 4 nitrogen and oxygen atoms in total. The molecule has 2 aromatic carbocycles. The first-order valence-corrected chi connectivity index (χ1v) is 11.9. The average Bonchev–Trinajstić information content (AvgIpc) is 2.61. The molecule has 0 heterocycles. The molecule has 0 aliphatic rings. The highest BCUT2D eigenvalue weighted by Crippen LogP contribution is 2.77. The first-order chi connectivity index (χ1) is 12.5. The summed E-state index contributed by atoms with van der Waals surface area (Å²) in [4.78, 5) is 0. The van der Waals surface area contributed by atoms with Crippen LogP contribution in [0.5, 0.6) is 0 Å². The van der Waals surface area contributed by atoms with Crippen LogP contribution in [-0.2, 0) is 18.2 Å². The van der Waals surface area contributed by atoms with Crippen LogP contribution < -0.4 is 10.6 Å². The van der Waals surface area contributed by atoms with E-state index in [0.29, 0.717) is 0 Å². The molecule has 0 aliphatic heterocycles. The van der Waals surface area contributed by atoms with Crippen LogP contribution in [0.1, 0.15) is 27.7 Å². The molecule has 0 spiro atoms. The Bertz CT molecular complexity index is 770. The Morgan fingerprint density at radius 3 is 1.26 bits per heavy atom. The highest BCUT2D eigenvalue weighted by Gasteiger charge is 2.67. The van der Waals surface area contributed by atoms with Gasteiger partial charge in [0.2, 0.25) is 0 Å². The van der Waals surface area contributed by atoms with Gasteiger partial charge in [0.25, 0.3) is 0 Å². The van der Waals surface area contributed by atoms with Crippen molar-refractivity contribution in [1.29, 1.82) is 0 Å². The third kappa shape index (κ3) is 4.25. The van der Waals surface area contributed by atoms with Crippen LogP contribution in [-0.4, -0.2) is 17.6 Å². The van der Waals surface area contributed by atoms with Crippen LogP contribution in [0, 0.1) is 0 Å². The lowest BCUT2D eigenvalue weighted by molar-refractivity contribution is 0.111. The molecule has 0 radical (unpaired) electrons. The number of halogens is 2. The summed E-state index contributed by atoms with van der Waals surface area (Å²) in [6, 6.07) is 14.3. The number of hydrogen-bond acceptors (Lipinski definition) is 4. The van der Waals surface area contributed by atoms with Gasteiger partial charge in [0.1, 0.15) is 0 Å². The third-order valence-electron chi connectivity index (χ3n) is 3.62. The minimum absolute atomic E-state index is 0.202. The van der Waals surface area contributed by atoms with Crippen molar-refractivity contribution < 1.29 is 27.0 Å². The molecule has 0 N–H and O–H groups in total. The first kappa shape index (κ1) is 22.0. The fourth-order valence-corrected chi connectivity index (χ4v) is 8.37. The van der Waals surface area contributed by atoms with Crippen LogP contribution in [0.2, 0.25) is 0 Å². The van der Waals surface area contributed by atoms with Crippen molar-refractivity contribution in [2.24, 2.45) is 0 Å². The van der Waals surface area contributed by atoms with E-state index in [1.807, 2.05) is 0 Å². The Morgan fingerprint density at radius 2 is 1.00 bits per heavy atom. The summed E-state index contributed by atoms with van der Waals surface area (Å²) in [7, 11) is -9.79. The van der Waals surface area contributed by atoms with Gasteiger partial charge in [-0.25, -0.2) is 0 Å².